The molecule has 3 aromatic heterocycles. The highest BCUT2D eigenvalue weighted by Gasteiger charge is 2.31. The number of aromatic nitrogens is 3. The first-order chi connectivity index (χ1) is 11.8. The van der Waals surface area contributed by atoms with Crippen LogP contribution in [0.2, 0.25) is 0 Å². The number of nitrogens with zero attached hydrogens (tertiary/aromatic N) is 3. The molecule has 0 aliphatic rings. The maximum Gasteiger partial charge on any atom is 0.417 e. The van der Waals surface area contributed by atoms with E-state index in [1.165, 1.54) is 10.5 Å². The lowest BCUT2D eigenvalue weighted by Gasteiger charge is -2.09. The lowest BCUT2D eigenvalue weighted by atomic mass is 10.2. The summed E-state index contributed by atoms with van der Waals surface area (Å²) in [6.45, 7) is 3.64. The Kier molecular flexibility index (Phi) is 4.20. The van der Waals surface area contributed by atoms with Gasteiger partial charge < -0.3 is 5.32 Å². The Labute approximate surface area is 141 Å². The van der Waals surface area contributed by atoms with Crippen molar-refractivity contribution in [2.45, 2.75) is 26.4 Å². The third-order valence-corrected chi connectivity index (χ3v) is 3.72. The van der Waals surface area contributed by atoms with E-state index in [0.29, 0.717) is 17.9 Å². The highest BCUT2D eigenvalue weighted by Crippen LogP contribution is 2.30. The van der Waals surface area contributed by atoms with Crippen LogP contribution in [0.25, 0.3) is 5.65 Å². The summed E-state index contributed by atoms with van der Waals surface area (Å²) < 4.78 is 40.1. The number of carbonyl (C=O) groups excluding carboxylic acids is 1. The number of alkyl halides is 3. The molecule has 0 saturated heterocycles. The number of carbonyl (C=O) groups is 1. The van der Waals surface area contributed by atoms with Crippen molar-refractivity contribution in [1.29, 1.82) is 0 Å². The summed E-state index contributed by atoms with van der Waals surface area (Å²) in [5.41, 5.74) is 0.862. The molecule has 8 heteroatoms. The fourth-order valence-electron chi connectivity index (χ4n) is 2.47. The Bertz CT molecular complexity index is 929. The predicted octanol–water partition coefficient (Wildman–Crippen LogP) is 3.87. The van der Waals surface area contributed by atoms with Crippen LogP contribution in [0.15, 0.2) is 36.7 Å². The molecule has 0 aliphatic heterocycles. The normalized spacial score (nSPS) is 11.7. The minimum Gasteiger partial charge on any atom is -0.305 e. The molecule has 0 spiro atoms. The minimum absolute atomic E-state index is 0.0750. The number of imidazole rings is 1. The number of amides is 1. The Morgan fingerprint density at radius 3 is 2.60 bits per heavy atom. The molecule has 0 radical (unpaired) electrons. The zero-order valence-electron chi connectivity index (χ0n) is 13.6. The molecular weight excluding hydrogens is 333 g/mol. The second-order valence-corrected chi connectivity index (χ2v) is 5.58. The molecule has 0 aromatic carbocycles. The van der Waals surface area contributed by atoms with Crippen molar-refractivity contribution in [1.82, 2.24) is 14.4 Å². The summed E-state index contributed by atoms with van der Waals surface area (Å²) in [6.07, 6.45) is -1.62. The van der Waals surface area contributed by atoms with Gasteiger partial charge in [0.1, 0.15) is 17.2 Å². The van der Waals surface area contributed by atoms with Crippen molar-refractivity contribution in [3.63, 3.8) is 0 Å². The predicted molar refractivity (Wildman–Crippen MR) is 86.5 cm³/mol. The van der Waals surface area contributed by atoms with Gasteiger partial charge in [-0.15, -0.1) is 0 Å². The van der Waals surface area contributed by atoms with E-state index < -0.39 is 17.6 Å². The van der Waals surface area contributed by atoms with Crippen molar-refractivity contribution in [3.05, 3.63) is 59.2 Å². The summed E-state index contributed by atoms with van der Waals surface area (Å²) in [6, 6.07) is 5.61. The van der Waals surface area contributed by atoms with Crippen LogP contribution in [0.1, 0.15) is 34.2 Å². The van der Waals surface area contributed by atoms with Gasteiger partial charge in [-0.05, 0) is 37.1 Å². The van der Waals surface area contributed by atoms with Crippen LogP contribution in [0.4, 0.5) is 19.0 Å². The molecule has 3 heterocycles. The maximum atomic E-state index is 13.0. The SMILES string of the molecule is CCc1nc2ccc(C(F)(F)F)cn2c1C(=O)Nc1ccc(C)cn1. The molecule has 0 aliphatic carbocycles. The Morgan fingerprint density at radius 1 is 1.24 bits per heavy atom. The first-order valence-corrected chi connectivity index (χ1v) is 7.61. The Morgan fingerprint density at radius 2 is 2.00 bits per heavy atom. The van der Waals surface area contributed by atoms with E-state index in [2.05, 4.69) is 15.3 Å². The minimum atomic E-state index is -4.50. The summed E-state index contributed by atoms with van der Waals surface area (Å²) in [5.74, 6) is -0.236. The van der Waals surface area contributed by atoms with Crippen molar-refractivity contribution >= 4 is 17.4 Å². The summed E-state index contributed by atoms with van der Waals surface area (Å²) >= 11 is 0. The fraction of sp³-hybridized carbons (Fsp3) is 0.235. The second kappa shape index (κ2) is 6.19. The number of aryl methyl sites for hydroxylation is 2. The number of fused-ring (bicyclic) bond motifs is 1. The van der Waals surface area contributed by atoms with Gasteiger partial charge in [0.25, 0.3) is 5.91 Å². The fourth-order valence-corrected chi connectivity index (χ4v) is 2.47. The van der Waals surface area contributed by atoms with Crippen molar-refractivity contribution in [2.75, 3.05) is 5.32 Å². The zero-order chi connectivity index (χ0) is 18.2. The van der Waals surface area contributed by atoms with Crippen LogP contribution in [0.5, 0.6) is 0 Å². The number of pyridine rings is 2. The van der Waals surface area contributed by atoms with Crippen LogP contribution in [0.3, 0.4) is 0 Å². The number of anilines is 1. The Balaban J connectivity index is 2.06. The molecule has 5 nitrogen and oxygen atoms in total. The number of hydrogen-bond donors (Lipinski definition) is 1. The van der Waals surface area contributed by atoms with Crippen LogP contribution < -0.4 is 5.32 Å². The quantitative estimate of drug-likeness (QED) is 0.782. The third kappa shape index (κ3) is 3.33. The number of halogens is 3. The summed E-state index contributed by atoms with van der Waals surface area (Å²) in [4.78, 5) is 20.9. The summed E-state index contributed by atoms with van der Waals surface area (Å²) in [7, 11) is 0. The van der Waals surface area contributed by atoms with Gasteiger partial charge in [0.15, 0.2) is 0 Å². The molecule has 3 aromatic rings. The van der Waals surface area contributed by atoms with E-state index in [1.807, 2.05) is 6.92 Å². The molecule has 0 saturated carbocycles. The van der Waals surface area contributed by atoms with E-state index in [-0.39, 0.29) is 11.3 Å². The van der Waals surface area contributed by atoms with Crippen LogP contribution in [-0.4, -0.2) is 20.3 Å². The number of hydrogen-bond acceptors (Lipinski definition) is 3. The summed E-state index contributed by atoms with van der Waals surface area (Å²) in [5, 5.41) is 2.60. The lowest BCUT2D eigenvalue weighted by Crippen LogP contribution is -2.17. The first-order valence-electron chi connectivity index (χ1n) is 7.61. The van der Waals surface area contributed by atoms with Gasteiger partial charge in [-0.3, -0.25) is 9.20 Å². The maximum absolute atomic E-state index is 13.0. The van der Waals surface area contributed by atoms with Crippen molar-refractivity contribution in [3.8, 4) is 0 Å². The highest BCUT2D eigenvalue weighted by atomic mass is 19.4. The number of rotatable bonds is 3. The van der Waals surface area contributed by atoms with E-state index >= 15 is 0 Å². The van der Waals surface area contributed by atoms with Gasteiger partial charge in [0.05, 0.1) is 11.3 Å². The van der Waals surface area contributed by atoms with Gasteiger partial charge in [0, 0.05) is 12.4 Å². The van der Waals surface area contributed by atoms with Gasteiger partial charge >= 0.3 is 6.18 Å². The molecule has 3 rings (SSSR count). The third-order valence-electron chi connectivity index (χ3n) is 3.72. The van der Waals surface area contributed by atoms with Gasteiger partial charge in [-0.1, -0.05) is 13.0 Å². The van der Waals surface area contributed by atoms with Gasteiger partial charge in [-0.2, -0.15) is 13.2 Å². The molecular formula is C17H15F3N4O. The zero-order valence-corrected chi connectivity index (χ0v) is 13.6. The highest BCUT2D eigenvalue weighted by molar-refractivity contribution is 6.04. The molecule has 0 unspecified atom stereocenters. The van der Waals surface area contributed by atoms with Crippen LogP contribution in [0, 0.1) is 6.92 Å². The topological polar surface area (TPSA) is 59.3 Å². The molecule has 1 N–H and O–H groups in total. The van der Waals surface area contributed by atoms with Crippen LogP contribution >= 0.6 is 0 Å². The largest absolute Gasteiger partial charge is 0.417 e. The average Bonchev–Trinajstić information content (AvgIpc) is 2.94. The van der Waals surface area contributed by atoms with E-state index in [1.54, 1.807) is 25.3 Å². The molecule has 0 atom stereocenters. The smallest absolute Gasteiger partial charge is 0.305 e. The van der Waals surface area contributed by atoms with Gasteiger partial charge in [0.2, 0.25) is 0 Å². The number of nitrogens with one attached hydrogen (secondary N) is 1. The van der Waals surface area contributed by atoms with Crippen LogP contribution in [-0.2, 0) is 12.6 Å². The van der Waals surface area contributed by atoms with Gasteiger partial charge in [-0.25, -0.2) is 9.97 Å². The average molecular weight is 348 g/mol. The Hall–Kier alpha value is -2.90. The molecule has 25 heavy (non-hydrogen) atoms. The lowest BCUT2D eigenvalue weighted by molar-refractivity contribution is -0.137. The molecule has 0 fully saturated rings. The van der Waals surface area contributed by atoms with Crippen molar-refractivity contribution < 1.29 is 18.0 Å². The standard InChI is InChI=1S/C17H15F3N4O/c1-3-12-15(16(25)23-13-6-4-10(2)8-21-13)24-9-11(17(18,19)20)5-7-14(24)22-12/h4-9H,3H2,1-2H3,(H,21,23,25). The monoisotopic (exact) mass is 348 g/mol. The molecule has 1 amide bonds. The van der Waals surface area contributed by atoms with E-state index in [0.717, 1.165) is 17.8 Å². The molecule has 0 bridgehead atoms. The first kappa shape index (κ1) is 16.9. The van der Waals surface area contributed by atoms with E-state index in [9.17, 15) is 18.0 Å². The van der Waals surface area contributed by atoms with Crippen molar-refractivity contribution in [2.24, 2.45) is 0 Å². The van der Waals surface area contributed by atoms with E-state index in [4.69, 9.17) is 0 Å². The molecule has 130 valence electrons. The second-order valence-electron chi connectivity index (χ2n) is 5.58.